The first-order valence-corrected chi connectivity index (χ1v) is 23.1. The molecule has 2 heterocycles. The van der Waals surface area contributed by atoms with Crippen LogP contribution in [0.1, 0.15) is 98.6 Å². The lowest BCUT2D eigenvalue weighted by Gasteiger charge is -2.35. The molecule has 2 aliphatic heterocycles. The Kier molecular flexibility index (Phi) is 19.3. The van der Waals surface area contributed by atoms with Gasteiger partial charge in [0.2, 0.25) is 0 Å². The summed E-state index contributed by atoms with van der Waals surface area (Å²) in [7, 11) is 4.18. The summed E-state index contributed by atoms with van der Waals surface area (Å²) in [6.45, 7) is 14.0. The molecule has 2 aromatic rings. The molecular weight excluding hydrogens is 849 g/mol. The zero-order valence-corrected chi connectivity index (χ0v) is 40.5. The fourth-order valence-corrected chi connectivity index (χ4v) is 8.36. The van der Waals surface area contributed by atoms with Crippen molar-refractivity contribution >= 4 is 47.5 Å². The van der Waals surface area contributed by atoms with Crippen molar-refractivity contribution in [1.29, 1.82) is 0 Å². The molecule has 16 heteroatoms. The summed E-state index contributed by atoms with van der Waals surface area (Å²) in [6, 6.07) is 13.0. The maximum absolute atomic E-state index is 14.6. The van der Waals surface area contributed by atoms with Crippen LogP contribution in [0, 0.1) is 17.8 Å². The van der Waals surface area contributed by atoms with Crippen LogP contribution in [0.2, 0.25) is 0 Å². The third-order valence-corrected chi connectivity index (χ3v) is 12.0. The molecule has 0 aliphatic carbocycles. The van der Waals surface area contributed by atoms with Gasteiger partial charge < -0.3 is 38.5 Å². The molecule has 362 valence electrons. The monoisotopic (exact) mass is 918 g/mol. The average molecular weight is 919 g/mol. The quantitative estimate of drug-likeness (QED) is 0.235. The first-order chi connectivity index (χ1) is 31.1. The van der Waals surface area contributed by atoms with Crippen molar-refractivity contribution in [3.05, 3.63) is 71.8 Å². The van der Waals surface area contributed by atoms with Crippen molar-refractivity contribution in [3.8, 4) is 0 Å². The summed E-state index contributed by atoms with van der Waals surface area (Å²) < 4.78 is 23.6. The molecule has 0 spiro atoms. The Labute approximate surface area is 389 Å². The third kappa shape index (κ3) is 14.1. The second-order valence-electron chi connectivity index (χ2n) is 18.9. The molecule has 2 fully saturated rings. The van der Waals surface area contributed by atoms with E-state index in [4.69, 9.17) is 18.9 Å². The number of carbonyl (C=O) groups is 8. The molecule has 4 amide bonds. The number of amides is 4. The van der Waals surface area contributed by atoms with Gasteiger partial charge in [0, 0.05) is 40.5 Å². The van der Waals surface area contributed by atoms with Gasteiger partial charge in [-0.1, -0.05) is 102 Å². The van der Waals surface area contributed by atoms with Gasteiger partial charge in [-0.2, -0.15) is 0 Å². The van der Waals surface area contributed by atoms with Crippen LogP contribution in [0.15, 0.2) is 60.7 Å². The Morgan fingerprint density at radius 1 is 0.485 bits per heavy atom. The highest BCUT2D eigenvalue weighted by molar-refractivity contribution is 5.94. The largest absolute Gasteiger partial charge is 0.451 e. The van der Waals surface area contributed by atoms with Gasteiger partial charge in [0.1, 0.15) is 24.2 Å². The molecule has 66 heavy (non-hydrogen) atoms. The highest BCUT2D eigenvalue weighted by atomic mass is 16.6. The van der Waals surface area contributed by atoms with E-state index in [1.807, 2.05) is 41.5 Å². The van der Waals surface area contributed by atoms with Gasteiger partial charge in [0.25, 0.3) is 23.6 Å². The van der Waals surface area contributed by atoms with Crippen LogP contribution in [0.4, 0.5) is 0 Å². The van der Waals surface area contributed by atoms with E-state index in [0.29, 0.717) is 17.5 Å². The standard InChI is InChI=1S/C50H70N4O12/c1-30(2)25-38-48(60)64-34(8)44(56)52(10)40(27-32(5)6)50(62)66-42(29-36-21-16-13-17-22-36)46(58)54-24-18-23-37(54)47(59)63-33(7)43(55)51(9)39(26-31(3)4)49(61)65-41(45(57)53(38)11)28-35-19-14-12-15-20-35/h12-17,19-22,30-34,37-42H,18,23-29H2,1-11H3/t33-,34-,37+,38+,39+,40+,41-,42-/m1/s1. The molecule has 0 aromatic heterocycles. The van der Waals surface area contributed by atoms with Gasteiger partial charge >= 0.3 is 23.9 Å². The minimum Gasteiger partial charge on any atom is -0.451 e. The van der Waals surface area contributed by atoms with Crippen LogP contribution < -0.4 is 0 Å². The number of hydrogen-bond donors (Lipinski definition) is 0. The zero-order chi connectivity index (χ0) is 49.0. The molecule has 2 saturated heterocycles. The van der Waals surface area contributed by atoms with Crippen LogP contribution >= 0.6 is 0 Å². The van der Waals surface area contributed by atoms with Gasteiger partial charge in [0.15, 0.2) is 24.4 Å². The van der Waals surface area contributed by atoms with Crippen molar-refractivity contribution in [2.45, 2.75) is 149 Å². The highest BCUT2D eigenvalue weighted by Gasteiger charge is 2.44. The normalized spacial score (nSPS) is 26.3. The Morgan fingerprint density at radius 3 is 1.23 bits per heavy atom. The topological polar surface area (TPSA) is 186 Å². The molecule has 0 radical (unpaired) electrons. The lowest BCUT2D eigenvalue weighted by atomic mass is 10.00. The number of likely N-dealkylation sites (N-methyl/N-ethyl adjacent to an activating group) is 3. The first kappa shape index (κ1) is 52.8. The molecule has 16 nitrogen and oxygen atoms in total. The van der Waals surface area contributed by atoms with Crippen molar-refractivity contribution in [2.75, 3.05) is 27.7 Å². The van der Waals surface area contributed by atoms with E-state index in [2.05, 4.69) is 0 Å². The lowest BCUT2D eigenvalue weighted by molar-refractivity contribution is -0.176. The number of nitrogens with zero attached hydrogens (tertiary/aromatic N) is 4. The molecular formula is C50H70N4O12. The van der Waals surface area contributed by atoms with Crippen LogP contribution in [0.3, 0.4) is 0 Å². The van der Waals surface area contributed by atoms with E-state index >= 15 is 0 Å². The maximum Gasteiger partial charge on any atom is 0.329 e. The van der Waals surface area contributed by atoms with E-state index in [1.165, 1.54) is 39.9 Å². The number of carbonyl (C=O) groups excluding carboxylic acids is 8. The summed E-state index contributed by atoms with van der Waals surface area (Å²) >= 11 is 0. The summed E-state index contributed by atoms with van der Waals surface area (Å²) in [4.78, 5) is 119. The zero-order valence-electron chi connectivity index (χ0n) is 40.5. The lowest BCUT2D eigenvalue weighted by Crippen LogP contribution is -2.54. The Morgan fingerprint density at radius 2 is 0.833 bits per heavy atom. The second-order valence-corrected chi connectivity index (χ2v) is 18.9. The van der Waals surface area contributed by atoms with E-state index in [1.54, 1.807) is 60.7 Å². The van der Waals surface area contributed by atoms with Crippen molar-refractivity contribution in [2.24, 2.45) is 17.8 Å². The molecule has 2 aliphatic rings. The fraction of sp³-hybridized carbons (Fsp3) is 0.600. The van der Waals surface area contributed by atoms with E-state index < -0.39 is 96.1 Å². The molecule has 0 bridgehead atoms. The van der Waals surface area contributed by atoms with Crippen LogP contribution in [0.25, 0.3) is 0 Å². The number of esters is 4. The van der Waals surface area contributed by atoms with E-state index in [9.17, 15) is 38.4 Å². The Hall–Kier alpha value is -5.80. The number of hydrogen-bond acceptors (Lipinski definition) is 12. The predicted octanol–water partition coefficient (Wildman–Crippen LogP) is 4.78. The number of cyclic esters (lactones) is 4. The smallest absolute Gasteiger partial charge is 0.329 e. The minimum atomic E-state index is -1.46. The minimum absolute atomic E-state index is 0.0491. The summed E-state index contributed by atoms with van der Waals surface area (Å²) in [5.41, 5.74) is 1.32. The van der Waals surface area contributed by atoms with Crippen molar-refractivity contribution in [3.63, 3.8) is 0 Å². The fourth-order valence-electron chi connectivity index (χ4n) is 8.36. The van der Waals surface area contributed by atoms with Gasteiger partial charge in [0.05, 0.1) is 0 Å². The van der Waals surface area contributed by atoms with Gasteiger partial charge in [-0.05, 0) is 74.8 Å². The van der Waals surface area contributed by atoms with Crippen molar-refractivity contribution in [1.82, 2.24) is 19.6 Å². The van der Waals surface area contributed by atoms with Crippen molar-refractivity contribution < 1.29 is 57.3 Å². The predicted molar refractivity (Wildman–Crippen MR) is 244 cm³/mol. The molecule has 8 atom stereocenters. The first-order valence-electron chi connectivity index (χ1n) is 23.1. The summed E-state index contributed by atoms with van der Waals surface area (Å²) in [5.74, 6) is -6.76. The number of fused-ring (bicyclic) bond motifs is 1. The Balaban J connectivity index is 1.82. The SMILES string of the molecule is CC(C)C[C@H]1C(=O)O[C@H](Cc2ccccc2)C(=O)N2CCC[C@H]2C(=O)O[C@H](C)C(=O)N(C)[C@@H](CC(C)C)C(=O)O[C@H](Cc2ccccc2)C(=O)N(C)[C@@H](CC(C)C)C(=O)O[C@H](C)C(=O)N1C. The summed E-state index contributed by atoms with van der Waals surface area (Å²) in [5, 5.41) is 0. The molecule has 4 rings (SSSR count). The number of rotatable bonds is 10. The van der Waals surface area contributed by atoms with Crippen LogP contribution in [-0.2, 0) is 70.1 Å². The van der Waals surface area contributed by atoms with Gasteiger partial charge in [-0.25, -0.2) is 19.2 Å². The Bertz CT molecular complexity index is 2010. The second kappa shape index (κ2) is 24.1. The third-order valence-electron chi connectivity index (χ3n) is 12.0. The molecule has 0 saturated carbocycles. The van der Waals surface area contributed by atoms with Gasteiger partial charge in [-0.15, -0.1) is 0 Å². The number of benzene rings is 2. The molecule has 0 N–H and O–H groups in total. The maximum atomic E-state index is 14.6. The average Bonchev–Trinajstić information content (AvgIpc) is 3.77. The van der Waals surface area contributed by atoms with E-state index in [-0.39, 0.29) is 62.8 Å². The van der Waals surface area contributed by atoms with Gasteiger partial charge in [-0.3, -0.25) is 19.2 Å². The summed E-state index contributed by atoms with van der Waals surface area (Å²) in [6.07, 6.45) is -4.86. The van der Waals surface area contributed by atoms with Crippen LogP contribution in [0.5, 0.6) is 0 Å². The van der Waals surface area contributed by atoms with E-state index in [0.717, 1.165) is 14.7 Å². The highest BCUT2D eigenvalue weighted by Crippen LogP contribution is 2.26. The number of ether oxygens (including phenoxy) is 4. The molecule has 0 unspecified atom stereocenters. The molecule has 2 aromatic carbocycles. The van der Waals surface area contributed by atoms with Crippen LogP contribution in [-0.4, -0.2) is 143 Å².